The second-order valence-electron chi connectivity index (χ2n) is 7.48. The molecule has 5 heteroatoms. The Morgan fingerprint density at radius 3 is 1.76 bits per heavy atom. The van der Waals surface area contributed by atoms with Gasteiger partial charge >= 0.3 is 0 Å². The van der Waals surface area contributed by atoms with Crippen LogP contribution in [0.1, 0.15) is 54.0 Å². The summed E-state index contributed by atoms with van der Waals surface area (Å²) in [5.41, 5.74) is 1.77. The molecular formula is C24H29NO4. The molecule has 0 spiro atoms. The summed E-state index contributed by atoms with van der Waals surface area (Å²) in [5, 5.41) is 0. The summed E-state index contributed by atoms with van der Waals surface area (Å²) in [4.78, 5) is 26.1. The van der Waals surface area contributed by atoms with Gasteiger partial charge in [-0.3, -0.25) is 9.59 Å². The topological polar surface area (TPSA) is 55.8 Å². The van der Waals surface area contributed by atoms with E-state index in [1.54, 1.807) is 44.4 Å². The number of rotatable bonds is 8. The summed E-state index contributed by atoms with van der Waals surface area (Å²) in [6.07, 6.45) is 3.21. The lowest BCUT2D eigenvalue weighted by Crippen LogP contribution is -2.21. The summed E-state index contributed by atoms with van der Waals surface area (Å²) >= 11 is 0. The van der Waals surface area contributed by atoms with Gasteiger partial charge in [-0.1, -0.05) is 18.2 Å². The van der Waals surface area contributed by atoms with Gasteiger partial charge in [0.05, 0.1) is 17.8 Å². The molecule has 1 amide bonds. The van der Waals surface area contributed by atoms with Gasteiger partial charge in [0.15, 0.2) is 5.78 Å². The summed E-state index contributed by atoms with van der Waals surface area (Å²) in [6.45, 7) is 7.80. The predicted molar refractivity (Wildman–Crippen MR) is 116 cm³/mol. The van der Waals surface area contributed by atoms with E-state index in [4.69, 9.17) is 9.47 Å². The summed E-state index contributed by atoms with van der Waals surface area (Å²) in [7, 11) is 3.38. The van der Waals surface area contributed by atoms with Crippen LogP contribution in [0.2, 0.25) is 0 Å². The van der Waals surface area contributed by atoms with Crippen LogP contribution < -0.4 is 9.47 Å². The zero-order valence-corrected chi connectivity index (χ0v) is 17.9. The molecule has 0 fully saturated rings. The first-order chi connectivity index (χ1) is 13.7. The van der Waals surface area contributed by atoms with Crippen molar-refractivity contribution in [1.82, 2.24) is 4.90 Å². The van der Waals surface area contributed by atoms with Gasteiger partial charge in [-0.25, -0.2) is 0 Å². The highest BCUT2D eigenvalue weighted by atomic mass is 16.5. The van der Waals surface area contributed by atoms with E-state index < -0.39 is 0 Å². The Morgan fingerprint density at radius 2 is 1.31 bits per heavy atom. The maximum Gasteiger partial charge on any atom is 0.253 e. The van der Waals surface area contributed by atoms with Gasteiger partial charge in [0.25, 0.3) is 5.91 Å². The molecule has 5 nitrogen and oxygen atoms in total. The van der Waals surface area contributed by atoms with Gasteiger partial charge < -0.3 is 14.4 Å². The van der Waals surface area contributed by atoms with Gasteiger partial charge in [-0.15, -0.1) is 0 Å². The van der Waals surface area contributed by atoms with Crippen LogP contribution in [-0.2, 0) is 0 Å². The number of carbonyl (C=O) groups is 2. The Bertz CT molecular complexity index is 852. The fraction of sp³-hybridized carbons (Fsp3) is 0.333. The number of ketones is 1. The first kappa shape index (κ1) is 22.2. The van der Waals surface area contributed by atoms with Crippen molar-refractivity contribution in [3.63, 3.8) is 0 Å². The molecule has 2 aromatic rings. The molecule has 0 unspecified atom stereocenters. The largest absolute Gasteiger partial charge is 0.490 e. The molecule has 154 valence electrons. The molecule has 2 rings (SSSR count). The number of allylic oxidation sites excluding steroid dienone is 1. The van der Waals surface area contributed by atoms with Crippen LogP contribution in [0.5, 0.6) is 11.5 Å². The molecule has 0 aliphatic heterocycles. The first-order valence-corrected chi connectivity index (χ1v) is 9.69. The van der Waals surface area contributed by atoms with Crippen molar-refractivity contribution in [2.24, 2.45) is 0 Å². The average Bonchev–Trinajstić information content (AvgIpc) is 2.65. The second kappa shape index (κ2) is 9.92. The minimum Gasteiger partial charge on any atom is -0.490 e. The Kier molecular flexibility index (Phi) is 7.59. The lowest BCUT2D eigenvalue weighted by molar-refractivity contribution is 0.0827. The Labute approximate surface area is 172 Å². The molecule has 0 atom stereocenters. The van der Waals surface area contributed by atoms with Crippen LogP contribution in [0.25, 0.3) is 6.08 Å². The molecule has 0 aliphatic rings. The van der Waals surface area contributed by atoms with E-state index in [9.17, 15) is 9.59 Å². The van der Waals surface area contributed by atoms with Crippen molar-refractivity contribution in [2.75, 3.05) is 14.1 Å². The molecule has 0 N–H and O–H groups in total. The average molecular weight is 395 g/mol. The SMILES string of the molecule is CC(C)Oc1cccc(OC(C)C)c1C=CC(=O)c1ccc(C(=O)N(C)C)cc1. The highest BCUT2D eigenvalue weighted by molar-refractivity contribution is 6.07. The van der Waals surface area contributed by atoms with Crippen molar-refractivity contribution in [2.45, 2.75) is 39.9 Å². The van der Waals surface area contributed by atoms with Crippen LogP contribution in [0, 0.1) is 0 Å². The Hall–Kier alpha value is -3.08. The molecule has 0 aliphatic carbocycles. The molecule has 2 aromatic carbocycles. The maximum absolute atomic E-state index is 12.6. The van der Waals surface area contributed by atoms with Gasteiger partial charge in [-0.05, 0) is 64.1 Å². The number of hydrogen-bond acceptors (Lipinski definition) is 4. The lowest BCUT2D eigenvalue weighted by atomic mass is 10.1. The number of benzene rings is 2. The lowest BCUT2D eigenvalue weighted by Gasteiger charge is -2.17. The van der Waals surface area contributed by atoms with Crippen molar-refractivity contribution in [1.29, 1.82) is 0 Å². The predicted octanol–water partition coefficient (Wildman–Crippen LogP) is 4.86. The second-order valence-corrected chi connectivity index (χ2v) is 7.48. The fourth-order valence-corrected chi connectivity index (χ4v) is 2.69. The maximum atomic E-state index is 12.6. The molecule has 0 aromatic heterocycles. The zero-order valence-electron chi connectivity index (χ0n) is 17.9. The van der Waals surface area contributed by atoms with E-state index in [-0.39, 0.29) is 23.9 Å². The third-order valence-electron chi connectivity index (χ3n) is 3.98. The molecule has 0 saturated carbocycles. The Balaban J connectivity index is 2.29. The number of hydrogen-bond donors (Lipinski definition) is 0. The Morgan fingerprint density at radius 1 is 0.828 bits per heavy atom. The van der Waals surface area contributed by atoms with Crippen molar-refractivity contribution >= 4 is 17.8 Å². The number of nitrogens with zero attached hydrogens (tertiary/aromatic N) is 1. The van der Waals surface area contributed by atoms with Gasteiger partial charge in [0.2, 0.25) is 0 Å². The van der Waals surface area contributed by atoms with Crippen LogP contribution in [-0.4, -0.2) is 42.9 Å². The van der Waals surface area contributed by atoms with E-state index in [0.29, 0.717) is 22.6 Å². The number of amides is 1. The third kappa shape index (κ3) is 6.21. The molecule has 29 heavy (non-hydrogen) atoms. The van der Waals surface area contributed by atoms with Crippen LogP contribution >= 0.6 is 0 Å². The van der Waals surface area contributed by atoms with Crippen molar-refractivity contribution in [3.05, 3.63) is 65.2 Å². The highest BCUT2D eigenvalue weighted by Gasteiger charge is 2.13. The smallest absolute Gasteiger partial charge is 0.253 e. The number of carbonyl (C=O) groups excluding carboxylic acids is 2. The zero-order chi connectivity index (χ0) is 21.6. The molecule has 0 bridgehead atoms. The van der Waals surface area contributed by atoms with Crippen LogP contribution in [0.15, 0.2) is 48.5 Å². The normalized spacial score (nSPS) is 11.2. The molecular weight excluding hydrogens is 366 g/mol. The monoisotopic (exact) mass is 395 g/mol. The third-order valence-corrected chi connectivity index (χ3v) is 3.98. The van der Waals surface area contributed by atoms with Crippen molar-refractivity contribution in [3.8, 4) is 11.5 Å². The van der Waals surface area contributed by atoms with E-state index >= 15 is 0 Å². The molecule has 0 radical (unpaired) electrons. The van der Waals surface area contributed by atoms with E-state index in [0.717, 1.165) is 5.56 Å². The van der Waals surface area contributed by atoms with Crippen LogP contribution in [0.3, 0.4) is 0 Å². The highest BCUT2D eigenvalue weighted by Crippen LogP contribution is 2.31. The number of ether oxygens (including phenoxy) is 2. The quantitative estimate of drug-likeness (QED) is 0.473. The van der Waals surface area contributed by atoms with Gasteiger partial charge in [0.1, 0.15) is 11.5 Å². The van der Waals surface area contributed by atoms with Crippen LogP contribution in [0.4, 0.5) is 0 Å². The van der Waals surface area contributed by atoms with Gasteiger partial charge in [0, 0.05) is 25.2 Å². The van der Waals surface area contributed by atoms with E-state index in [2.05, 4.69) is 0 Å². The van der Waals surface area contributed by atoms with Crippen molar-refractivity contribution < 1.29 is 19.1 Å². The fourth-order valence-electron chi connectivity index (χ4n) is 2.69. The van der Waals surface area contributed by atoms with E-state index in [1.807, 2.05) is 45.9 Å². The van der Waals surface area contributed by atoms with Gasteiger partial charge in [-0.2, -0.15) is 0 Å². The standard InChI is InChI=1S/C24H29NO4/c1-16(2)28-22-8-7-9-23(29-17(3)4)20(22)14-15-21(26)18-10-12-19(13-11-18)24(27)25(5)6/h7-17H,1-6H3. The van der Waals surface area contributed by atoms with E-state index in [1.165, 1.54) is 11.0 Å². The summed E-state index contributed by atoms with van der Waals surface area (Å²) in [5.74, 6) is 1.06. The first-order valence-electron chi connectivity index (χ1n) is 9.69. The molecule has 0 saturated heterocycles. The summed E-state index contributed by atoms with van der Waals surface area (Å²) in [6, 6.07) is 12.2. The minimum absolute atomic E-state index is 0.00562. The minimum atomic E-state index is -0.163. The molecule has 0 heterocycles. The summed E-state index contributed by atoms with van der Waals surface area (Å²) < 4.78 is 11.8.